The van der Waals surface area contributed by atoms with Crippen molar-refractivity contribution in [3.63, 3.8) is 0 Å². The fourth-order valence-electron chi connectivity index (χ4n) is 1.80. The topological polar surface area (TPSA) is 12.0 Å². The quantitative estimate of drug-likeness (QED) is 0.832. The normalized spacial score (nSPS) is 13.1. The fraction of sp³-hybridized carbons (Fsp3) is 0.571. The third kappa shape index (κ3) is 5.17. The summed E-state index contributed by atoms with van der Waals surface area (Å²) in [4.78, 5) is 0. The molecular formula is C14H21BrFN. The Morgan fingerprint density at radius 3 is 2.65 bits per heavy atom. The van der Waals surface area contributed by atoms with Gasteiger partial charge >= 0.3 is 0 Å². The second-order valence-corrected chi connectivity index (χ2v) is 5.71. The number of nitrogens with one attached hydrogen (secondary N) is 1. The summed E-state index contributed by atoms with van der Waals surface area (Å²) >= 11 is 3.31. The van der Waals surface area contributed by atoms with Crippen LogP contribution >= 0.6 is 15.9 Å². The minimum Gasteiger partial charge on any atom is -0.315 e. The maximum Gasteiger partial charge on any atom is 0.137 e. The van der Waals surface area contributed by atoms with E-state index in [-0.39, 0.29) is 5.82 Å². The Morgan fingerprint density at radius 1 is 1.29 bits per heavy atom. The molecular weight excluding hydrogens is 281 g/mol. The average molecular weight is 302 g/mol. The second kappa shape index (κ2) is 7.12. The lowest BCUT2D eigenvalue weighted by atomic mass is 9.98. The summed E-state index contributed by atoms with van der Waals surface area (Å²) in [6, 6.07) is 5.77. The van der Waals surface area contributed by atoms with Crippen LogP contribution in [0.25, 0.3) is 0 Å². The lowest BCUT2D eigenvalue weighted by molar-refractivity contribution is 0.474. The first-order chi connectivity index (χ1) is 8.00. The summed E-state index contributed by atoms with van der Waals surface area (Å²) in [5.74, 6) is 0.384. The van der Waals surface area contributed by atoms with Crippen LogP contribution in [0.2, 0.25) is 0 Å². The van der Waals surface area contributed by atoms with Gasteiger partial charge in [-0.1, -0.05) is 32.9 Å². The van der Waals surface area contributed by atoms with E-state index in [0.29, 0.717) is 16.4 Å². The molecule has 96 valence electrons. The lowest BCUT2D eigenvalue weighted by Gasteiger charge is -2.14. The van der Waals surface area contributed by atoms with E-state index in [0.717, 1.165) is 24.9 Å². The summed E-state index contributed by atoms with van der Waals surface area (Å²) in [5.41, 5.74) is 1.06. The van der Waals surface area contributed by atoms with Crippen LogP contribution in [0, 0.1) is 11.7 Å². The van der Waals surface area contributed by atoms with Gasteiger partial charge in [-0.15, -0.1) is 0 Å². The van der Waals surface area contributed by atoms with Gasteiger partial charge in [0, 0.05) is 6.04 Å². The van der Waals surface area contributed by atoms with Gasteiger partial charge in [-0.2, -0.15) is 0 Å². The van der Waals surface area contributed by atoms with Gasteiger partial charge in [0.25, 0.3) is 0 Å². The first-order valence-corrected chi connectivity index (χ1v) is 6.96. The maximum absolute atomic E-state index is 13.3. The van der Waals surface area contributed by atoms with Gasteiger partial charge in [0.05, 0.1) is 4.47 Å². The van der Waals surface area contributed by atoms with Gasteiger partial charge in [-0.25, -0.2) is 4.39 Å². The van der Waals surface area contributed by atoms with E-state index in [1.54, 1.807) is 6.07 Å². The molecule has 1 aromatic rings. The minimum absolute atomic E-state index is 0.171. The van der Waals surface area contributed by atoms with Crippen molar-refractivity contribution in [1.29, 1.82) is 0 Å². The first-order valence-electron chi connectivity index (χ1n) is 6.17. The molecule has 0 aliphatic carbocycles. The molecule has 1 atom stereocenters. The molecule has 3 heteroatoms. The van der Waals surface area contributed by atoms with E-state index in [1.165, 1.54) is 6.07 Å². The Kier molecular flexibility index (Phi) is 6.14. The Bertz CT molecular complexity index is 352. The zero-order valence-corrected chi connectivity index (χ0v) is 12.3. The number of benzene rings is 1. The Labute approximate surface area is 112 Å². The highest BCUT2D eigenvalue weighted by atomic mass is 79.9. The zero-order valence-electron chi connectivity index (χ0n) is 10.8. The fourth-order valence-corrected chi connectivity index (χ4v) is 2.23. The Balaban J connectivity index is 2.45. The maximum atomic E-state index is 13.3. The molecule has 0 heterocycles. The van der Waals surface area contributed by atoms with E-state index in [2.05, 4.69) is 42.0 Å². The van der Waals surface area contributed by atoms with Gasteiger partial charge in [0.1, 0.15) is 5.82 Å². The molecule has 17 heavy (non-hydrogen) atoms. The monoisotopic (exact) mass is 301 g/mol. The molecule has 1 N–H and O–H groups in total. The molecule has 1 rings (SSSR count). The Hall–Kier alpha value is -0.410. The summed E-state index contributed by atoms with van der Waals surface area (Å²) < 4.78 is 13.9. The van der Waals surface area contributed by atoms with Gasteiger partial charge in [0.15, 0.2) is 0 Å². The highest BCUT2D eigenvalue weighted by Gasteiger charge is 2.09. The summed E-state index contributed by atoms with van der Waals surface area (Å²) in [5, 5.41) is 3.40. The van der Waals surface area contributed by atoms with Crippen molar-refractivity contribution < 1.29 is 4.39 Å². The molecule has 0 aliphatic heterocycles. The minimum atomic E-state index is -0.171. The predicted octanol–water partition coefficient (Wildman–Crippen LogP) is 4.15. The van der Waals surface area contributed by atoms with Gasteiger partial charge in [-0.05, 0) is 52.9 Å². The van der Waals surface area contributed by atoms with E-state index in [1.807, 2.05) is 6.07 Å². The molecule has 0 spiro atoms. The van der Waals surface area contributed by atoms with Crippen LogP contribution in [-0.2, 0) is 6.42 Å². The number of halogens is 2. The van der Waals surface area contributed by atoms with E-state index < -0.39 is 0 Å². The zero-order chi connectivity index (χ0) is 12.8. The predicted molar refractivity (Wildman–Crippen MR) is 74.7 cm³/mol. The summed E-state index contributed by atoms with van der Waals surface area (Å²) in [6.07, 6.45) is 2.03. The van der Waals surface area contributed by atoms with E-state index in [9.17, 15) is 4.39 Å². The average Bonchev–Trinajstić information content (AvgIpc) is 2.24. The third-order valence-electron chi connectivity index (χ3n) is 2.79. The molecule has 0 saturated carbocycles. The van der Waals surface area contributed by atoms with Crippen LogP contribution in [0.1, 0.15) is 32.8 Å². The SMILES string of the molecule is CC(CCNC(C)C)Cc1cccc(F)c1Br. The van der Waals surface area contributed by atoms with Gasteiger partial charge in [-0.3, -0.25) is 0 Å². The standard InChI is InChI=1S/C14H21BrFN/c1-10(2)17-8-7-11(3)9-12-5-4-6-13(16)14(12)15/h4-6,10-11,17H,7-9H2,1-3H3. The molecule has 1 aromatic carbocycles. The number of hydrogen-bond donors (Lipinski definition) is 1. The summed E-state index contributed by atoms with van der Waals surface area (Å²) in [7, 11) is 0. The molecule has 1 nitrogen and oxygen atoms in total. The van der Waals surface area contributed by atoms with Crippen molar-refractivity contribution >= 4 is 15.9 Å². The van der Waals surface area contributed by atoms with Gasteiger partial charge < -0.3 is 5.32 Å². The van der Waals surface area contributed by atoms with E-state index >= 15 is 0 Å². The molecule has 0 saturated heterocycles. The number of rotatable bonds is 6. The third-order valence-corrected chi connectivity index (χ3v) is 3.68. The van der Waals surface area contributed by atoms with Crippen molar-refractivity contribution in [1.82, 2.24) is 5.32 Å². The smallest absolute Gasteiger partial charge is 0.137 e. The molecule has 0 aromatic heterocycles. The van der Waals surface area contributed by atoms with Crippen LogP contribution in [0.3, 0.4) is 0 Å². The molecule has 0 amide bonds. The molecule has 0 bridgehead atoms. The highest BCUT2D eigenvalue weighted by molar-refractivity contribution is 9.10. The second-order valence-electron chi connectivity index (χ2n) is 4.92. The Morgan fingerprint density at radius 2 is 2.00 bits per heavy atom. The van der Waals surface area contributed by atoms with Crippen molar-refractivity contribution in [3.05, 3.63) is 34.1 Å². The largest absolute Gasteiger partial charge is 0.315 e. The van der Waals surface area contributed by atoms with Crippen molar-refractivity contribution in [3.8, 4) is 0 Å². The van der Waals surface area contributed by atoms with E-state index in [4.69, 9.17) is 0 Å². The molecule has 0 aliphatic rings. The highest BCUT2D eigenvalue weighted by Crippen LogP contribution is 2.23. The molecule has 0 fully saturated rings. The van der Waals surface area contributed by atoms with Gasteiger partial charge in [0.2, 0.25) is 0 Å². The molecule has 1 unspecified atom stereocenters. The van der Waals surface area contributed by atoms with Crippen LogP contribution < -0.4 is 5.32 Å². The van der Waals surface area contributed by atoms with Crippen molar-refractivity contribution in [2.75, 3.05) is 6.54 Å². The van der Waals surface area contributed by atoms with Crippen molar-refractivity contribution in [2.24, 2.45) is 5.92 Å². The summed E-state index contributed by atoms with van der Waals surface area (Å²) in [6.45, 7) is 7.52. The lowest BCUT2D eigenvalue weighted by Crippen LogP contribution is -2.25. The van der Waals surface area contributed by atoms with Crippen LogP contribution in [-0.4, -0.2) is 12.6 Å². The molecule has 0 radical (unpaired) electrons. The van der Waals surface area contributed by atoms with Crippen LogP contribution in [0.15, 0.2) is 22.7 Å². The van der Waals surface area contributed by atoms with Crippen molar-refractivity contribution in [2.45, 2.75) is 39.7 Å². The van der Waals surface area contributed by atoms with Crippen LogP contribution in [0.5, 0.6) is 0 Å². The number of hydrogen-bond acceptors (Lipinski definition) is 1. The van der Waals surface area contributed by atoms with Crippen LogP contribution in [0.4, 0.5) is 4.39 Å². The first kappa shape index (κ1) is 14.7.